The maximum atomic E-state index is 14.4. The van der Waals surface area contributed by atoms with Crippen LogP contribution in [0.3, 0.4) is 0 Å². The highest BCUT2D eigenvalue weighted by molar-refractivity contribution is 5.96. The van der Waals surface area contributed by atoms with Gasteiger partial charge in [0.1, 0.15) is 48.0 Å². The van der Waals surface area contributed by atoms with Crippen LogP contribution in [0, 0.1) is 11.8 Å². The number of esters is 2. The Hall–Kier alpha value is -7.66. The zero-order valence-corrected chi connectivity index (χ0v) is 63.9. The molecule has 6 aliphatic heterocycles. The van der Waals surface area contributed by atoms with Crippen molar-refractivity contribution in [2.75, 3.05) is 47.4 Å². The van der Waals surface area contributed by atoms with E-state index in [1.54, 1.807) is 86.0 Å². The summed E-state index contributed by atoms with van der Waals surface area (Å²) in [7, 11) is 4.34. The molecule has 6 saturated heterocycles. The lowest BCUT2D eigenvalue weighted by Gasteiger charge is -2.34. The van der Waals surface area contributed by atoms with Gasteiger partial charge in [0.15, 0.2) is 12.2 Å². The van der Waals surface area contributed by atoms with Gasteiger partial charge in [-0.1, -0.05) is 133 Å². The third-order valence-corrected chi connectivity index (χ3v) is 19.6. The van der Waals surface area contributed by atoms with Gasteiger partial charge in [-0.05, 0) is 113 Å². The third kappa shape index (κ3) is 26.4. The number of nitrogens with one attached hydrogen (secondary N) is 7. The Bertz CT molecular complexity index is 3100. The number of aliphatic hydroxyl groups excluding tert-OH is 1. The van der Waals surface area contributed by atoms with Crippen molar-refractivity contribution in [2.45, 2.75) is 307 Å². The largest absolute Gasteiger partial charge is 0.468 e. The quantitative estimate of drug-likeness (QED) is 0.0783. The van der Waals surface area contributed by atoms with Crippen molar-refractivity contribution in [3.63, 3.8) is 0 Å². The number of benzene rings is 1. The molecule has 6 aliphatic rings. The molecule has 104 heavy (non-hydrogen) atoms. The average molecular weight is 1470 g/mol. The number of methoxy groups -OCH3 is 1. The van der Waals surface area contributed by atoms with E-state index >= 15 is 0 Å². The fourth-order valence-electron chi connectivity index (χ4n) is 14.9. The minimum atomic E-state index is -1.72. The molecule has 8 N–H and O–H groups in total. The summed E-state index contributed by atoms with van der Waals surface area (Å²) in [6.45, 7) is 18.7. The number of carbonyl (C=O) groups excluding carboxylic acids is 12. The van der Waals surface area contributed by atoms with Gasteiger partial charge in [-0.15, -0.1) is 0 Å². The normalized spacial score (nSPS) is 26.8. The Morgan fingerprint density at radius 3 is 1.41 bits per heavy atom. The molecule has 29 heteroatoms. The molecule has 6 fully saturated rings. The zero-order valence-electron chi connectivity index (χ0n) is 63.9. The second kappa shape index (κ2) is 39.1. The number of fused-ring (bicyclic) bond motifs is 6. The Labute approximate surface area is 613 Å². The number of ether oxygens (including phenoxy) is 6. The van der Waals surface area contributed by atoms with Gasteiger partial charge in [0.2, 0.25) is 35.4 Å². The molecular weight excluding hydrogens is 1340 g/mol. The van der Waals surface area contributed by atoms with E-state index in [2.05, 4.69) is 42.0 Å². The van der Waals surface area contributed by atoms with E-state index in [9.17, 15) is 62.6 Å². The molecule has 6 heterocycles. The number of rotatable bonds is 14. The zero-order chi connectivity index (χ0) is 76.9. The lowest BCUT2D eigenvalue weighted by molar-refractivity contribution is -0.157. The first-order chi connectivity index (χ1) is 48.9. The van der Waals surface area contributed by atoms with Gasteiger partial charge in [-0.3, -0.25) is 47.9 Å². The van der Waals surface area contributed by atoms with E-state index in [0.717, 1.165) is 77.0 Å². The fraction of sp³-hybridized carbons (Fsp3) is 0.760. The summed E-state index contributed by atoms with van der Waals surface area (Å²) in [4.78, 5) is 164. The summed E-state index contributed by atoms with van der Waals surface area (Å²) in [5.41, 5.74) is -2.05. The highest BCUT2D eigenvalue weighted by atomic mass is 16.6. The van der Waals surface area contributed by atoms with Crippen LogP contribution in [-0.4, -0.2) is 222 Å². The monoisotopic (exact) mass is 1460 g/mol. The van der Waals surface area contributed by atoms with Crippen LogP contribution in [0.15, 0.2) is 30.3 Å². The smallest absolute Gasteiger partial charge is 0.408 e. The van der Waals surface area contributed by atoms with Crippen molar-refractivity contribution < 1.29 is 91.1 Å². The van der Waals surface area contributed by atoms with Crippen molar-refractivity contribution in [2.24, 2.45) is 11.8 Å². The molecule has 0 aromatic heterocycles. The number of nitrogens with zero attached hydrogens (tertiary/aromatic N) is 3. The Morgan fingerprint density at radius 1 is 0.596 bits per heavy atom. The molecule has 1 aromatic carbocycles. The maximum absolute atomic E-state index is 14.4. The Morgan fingerprint density at radius 2 is 1.00 bits per heavy atom. The second-order valence-electron chi connectivity index (χ2n) is 32.0. The van der Waals surface area contributed by atoms with Crippen molar-refractivity contribution in [1.29, 1.82) is 0 Å². The van der Waals surface area contributed by atoms with Crippen LogP contribution in [0.4, 0.5) is 9.59 Å². The molecule has 4 unspecified atom stereocenters. The lowest BCUT2D eigenvalue weighted by Crippen LogP contribution is -2.59. The van der Waals surface area contributed by atoms with Gasteiger partial charge in [0.25, 0.3) is 11.8 Å². The highest BCUT2D eigenvalue weighted by Crippen LogP contribution is 2.45. The van der Waals surface area contributed by atoms with Crippen LogP contribution in [0.1, 0.15) is 229 Å². The van der Waals surface area contributed by atoms with Crippen molar-refractivity contribution in [3.8, 4) is 0 Å². The molecule has 10 amide bonds. The van der Waals surface area contributed by atoms with Crippen LogP contribution < -0.4 is 37.2 Å². The number of hydrogen-bond acceptors (Lipinski definition) is 19. The number of aliphatic hydroxyl groups is 1. The summed E-state index contributed by atoms with van der Waals surface area (Å²) < 4.78 is 33.7. The molecule has 7 rings (SSSR count). The molecule has 29 nitrogen and oxygen atoms in total. The molecule has 0 radical (unpaired) electrons. The fourth-order valence-corrected chi connectivity index (χ4v) is 14.9. The highest BCUT2D eigenvalue weighted by Gasteiger charge is 2.58. The van der Waals surface area contributed by atoms with Crippen molar-refractivity contribution in [1.82, 2.24) is 51.9 Å². The van der Waals surface area contributed by atoms with Crippen molar-refractivity contribution >= 4 is 71.4 Å². The molecular formula is C75H120N10O19. The van der Waals surface area contributed by atoms with E-state index in [1.165, 1.54) is 28.7 Å². The summed E-state index contributed by atoms with van der Waals surface area (Å²) in [6, 6.07) is 1.95. The van der Waals surface area contributed by atoms with Gasteiger partial charge in [0, 0.05) is 45.9 Å². The molecule has 0 spiro atoms. The molecule has 584 valence electrons. The Balaban J connectivity index is 0.000000330. The molecule has 0 saturated carbocycles. The average Bonchev–Trinajstić information content (AvgIpc) is 1.61. The number of alkyl carbamates (subject to hydrolysis) is 2. The number of likely N-dealkylation sites (N-methyl/N-ethyl adjacent to an activating group) is 1. The molecule has 0 bridgehead atoms. The van der Waals surface area contributed by atoms with Crippen molar-refractivity contribution in [3.05, 3.63) is 35.9 Å². The first kappa shape index (κ1) is 85.3. The van der Waals surface area contributed by atoms with Crippen LogP contribution in [0.25, 0.3) is 0 Å². The lowest BCUT2D eigenvalue weighted by atomic mass is 9.89. The maximum Gasteiger partial charge on any atom is 0.408 e. The molecule has 13 atom stereocenters. The third-order valence-electron chi connectivity index (χ3n) is 19.6. The predicted molar refractivity (Wildman–Crippen MR) is 383 cm³/mol. The minimum Gasteiger partial charge on any atom is -0.468 e. The van der Waals surface area contributed by atoms with Crippen LogP contribution in [-0.2, 0) is 76.4 Å². The van der Waals surface area contributed by atoms with Gasteiger partial charge in [-0.2, -0.15) is 0 Å². The van der Waals surface area contributed by atoms with Gasteiger partial charge in [-0.25, -0.2) is 9.59 Å². The van der Waals surface area contributed by atoms with Crippen LogP contribution in [0.2, 0.25) is 0 Å². The standard InChI is InChI=1S/C41H64N6O9.C34H56N4O10/c1-40(2,3)56-39(54)44-29-22-18-13-11-9-8-10-12-17-21-28(43-35(50)33-27-23-41(4,5)55-30(27)25-47(33)37(29)52)34(49)36(51)42-24-31(48)45-32(38(53)46(6)7)26-19-15-14-16-20-26;1-21(39)46-28(30(42)35-19-26(40)45-7)23-16-14-12-10-8-9-11-13-15-17-24(37-32(44)48-33(2,3)4)31(43)38-20-25-22(18-34(5,6)47-25)27(38)29(41)36-23/h14-16,19-20,27-30,32-34,49H,8-13,17-18,21-25H2,1-7H3,(H,42,51)(H,43,50)(H,44,54)(H,45,48);22-25,27-28H,8-20H2,1-7H3,(H,35,42)(H,36,41)(H,37,44)/t27-,28-,29-,30?,32-,33-,34?;22-,23-,24-,25?,27-,28?/m00/s1. The minimum absolute atomic E-state index is 0.140. The number of hydrogen-bond donors (Lipinski definition) is 8. The second-order valence-corrected chi connectivity index (χ2v) is 32.0. The summed E-state index contributed by atoms with van der Waals surface area (Å²) in [5.74, 6) is -6.63. The van der Waals surface area contributed by atoms with Gasteiger partial charge in [0.05, 0.1) is 49.1 Å². The molecule has 0 aliphatic carbocycles. The summed E-state index contributed by atoms with van der Waals surface area (Å²) >= 11 is 0. The SMILES string of the molecule is CN(C)C(=O)[C@@H](NC(=O)CNC(=O)C(O)[C@@H]1CCCCCCCCCC[C@H](NC(=O)OC(C)(C)C)C(=O)N2CC3OC(C)(C)C[C@@H]3[C@H]2C(=O)N1)c1ccccc1.COC(=O)CNC(=O)C(OC(C)=O)[C@@H]1CCCCCCCCCC[C@H](NC(=O)OC(C)(C)C)C(=O)N2CC3OC(C)(C)C[C@@H]3[C@H]2C(=O)N1. The molecule has 1 aromatic rings. The number of carbonyl (C=O) groups is 12. The van der Waals surface area contributed by atoms with Gasteiger partial charge >= 0.3 is 24.1 Å². The topological polar surface area (TPSA) is 374 Å². The van der Waals surface area contributed by atoms with E-state index in [1.807, 2.05) is 27.7 Å². The number of amides is 10. The first-order valence-corrected chi connectivity index (χ1v) is 37.5. The first-order valence-electron chi connectivity index (χ1n) is 37.5. The summed E-state index contributed by atoms with van der Waals surface area (Å²) in [5, 5.41) is 30.4. The van der Waals surface area contributed by atoms with Gasteiger partial charge < -0.3 is 85.4 Å². The Kier molecular flexibility index (Phi) is 32.0. The van der Waals surface area contributed by atoms with E-state index in [0.29, 0.717) is 63.4 Å². The summed E-state index contributed by atoms with van der Waals surface area (Å²) in [6.07, 6.45) is 10.8. The van der Waals surface area contributed by atoms with E-state index in [-0.39, 0.29) is 37.3 Å². The predicted octanol–water partition coefficient (Wildman–Crippen LogP) is 5.99. The van der Waals surface area contributed by atoms with E-state index in [4.69, 9.17) is 23.7 Å². The van der Waals surface area contributed by atoms with Crippen LogP contribution in [0.5, 0.6) is 0 Å². The van der Waals surface area contributed by atoms with E-state index < -0.39 is 168 Å². The van der Waals surface area contributed by atoms with Crippen LogP contribution >= 0.6 is 0 Å².